The van der Waals surface area contributed by atoms with Crippen LogP contribution in [0.4, 0.5) is 23.0 Å². The Morgan fingerprint density at radius 3 is 2.74 bits per heavy atom. The Morgan fingerprint density at radius 1 is 1.19 bits per heavy atom. The Balaban J connectivity index is 1.76. The Morgan fingerprint density at radius 2 is 2.00 bits per heavy atom. The van der Waals surface area contributed by atoms with Crippen molar-refractivity contribution in [3.8, 4) is 5.75 Å². The lowest BCUT2D eigenvalue weighted by atomic mass is 10.2. The van der Waals surface area contributed by atoms with E-state index in [1.54, 1.807) is 25.4 Å². The van der Waals surface area contributed by atoms with Crippen molar-refractivity contribution in [2.45, 2.75) is 6.92 Å². The van der Waals surface area contributed by atoms with Gasteiger partial charge in [0, 0.05) is 12.4 Å². The lowest BCUT2D eigenvalue weighted by molar-refractivity contribution is 0.0962. The van der Waals surface area contributed by atoms with Gasteiger partial charge in [0.1, 0.15) is 17.8 Å². The number of benzene rings is 1. The number of pyridine rings is 1. The molecule has 0 saturated heterocycles. The van der Waals surface area contributed by atoms with Crippen molar-refractivity contribution in [1.29, 1.82) is 0 Å². The van der Waals surface area contributed by atoms with Crippen LogP contribution in [-0.4, -0.2) is 28.0 Å². The number of hydrogen-bond acceptors (Lipinski definition) is 8. The summed E-state index contributed by atoms with van der Waals surface area (Å²) in [4.78, 5) is 24.2. The topological polar surface area (TPSA) is 127 Å². The van der Waals surface area contributed by atoms with Crippen LogP contribution in [0.5, 0.6) is 5.75 Å². The van der Waals surface area contributed by atoms with Crippen LogP contribution in [0.1, 0.15) is 15.9 Å². The normalized spacial score (nSPS) is 10.1. The van der Waals surface area contributed by atoms with Gasteiger partial charge in [-0.3, -0.25) is 20.6 Å². The summed E-state index contributed by atoms with van der Waals surface area (Å²) < 4.78 is 5.35. The summed E-state index contributed by atoms with van der Waals surface area (Å²) in [5.41, 5.74) is 13.8. The minimum atomic E-state index is -0.365. The Hall–Kier alpha value is -3.88. The molecule has 0 aliphatic rings. The van der Waals surface area contributed by atoms with Crippen LogP contribution in [0.25, 0.3) is 0 Å². The first-order valence-corrected chi connectivity index (χ1v) is 8.07. The number of ether oxygens (including phenoxy) is 1. The SMILES string of the molecule is COc1ccc(C)cc1Nc1ncnc(NNC(=O)c2cccnc2)c1N. The van der Waals surface area contributed by atoms with E-state index in [2.05, 4.69) is 31.1 Å². The molecule has 1 aromatic carbocycles. The quantitative estimate of drug-likeness (QED) is 0.490. The van der Waals surface area contributed by atoms with Gasteiger partial charge in [-0.05, 0) is 36.8 Å². The average Bonchev–Trinajstić information content (AvgIpc) is 2.69. The zero-order valence-electron chi connectivity index (χ0n) is 14.9. The second kappa shape index (κ2) is 8.00. The van der Waals surface area contributed by atoms with Gasteiger partial charge in [0.2, 0.25) is 0 Å². The van der Waals surface area contributed by atoms with E-state index in [1.165, 1.54) is 12.5 Å². The van der Waals surface area contributed by atoms with E-state index in [0.717, 1.165) is 5.56 Å². The first kappa shape index (κ1) is 17.9. The van der Waals surface area contributed by atoms with Crippen molar-refractivity contribution in [3.05, 3.63) is 60.2 Å². The molecule has 9 nitrogen and oxygen atoms in total. The summed E-state index contributed by atoms with van der Waals surface area (Å²) in [5.74, 6) is 0.928. The summed E-state index contributed by atoms with van der Waals surface area (Å²) in [6.45, 7) is 1.97. The molecule has 0 saturated carbocycles. The van der Waals surface area contributed by atoms with Gasteiger partial charge in [0.15, 0.2) is 11.6 Å². The number of amides is 1. The zero-order valence-corrected chi connectivity index (χ0v) is 14.9. The molecule has 5 N–H and O–H groups in total. The number of aryl methyl sites for hydroxylation is 1. The number of hydrogen-bond donors (Lipinski definition) is 4. The van der Waals surface area contributed by atoms with Crippen molar-refractivity contribution in [2.75, 3.05) is 23.6 Å². The Labute approximate surface area is 156 Å². The molecule has 1 amide bonds. The third kappa shape index (κ3) is 4.21. The third-order valence-corrected chi connectivity index (χ3v) is 3.71. The molecule has 0 bridgehead atoms. The number of nitrogens with two attached hydrogens (primary N) is 1. The van der Waals surface area contributed by atoms with Crippen LogP contribution in [0, 0.1) is 6.92 Å². The molecule has 27 heavy (non-hydrogen) atoms. The van der Waals surface area contributed by atoms with E-state index in [-0.39, 0.29) is 17.4 Å². The number of rotatable bonds is 6. The van der Waals surface area contributed by atoms with E-state index < -0.39 is 0 Å². The summed E-state index contributed by atoms with van der Waals surface area (Å²) in [7, 11) is 1.58. The highest BCUT2D eigenvalue weighted by atomic mass is 16.5. The predicted octanol–water partition coefficient (Wildman–Crippen LogP) is 2.27. The molecule has 0 spiro atoms. The van der Waals surface area contributed by atoms with Crippen molar-refractivity contribution < 1.29 is 9.53 Å². The maximum Gasteiger partial charge on any atom is 0.271 e. The number of hydrazine groups is 1. The molecule has 3 aromatic rings. The van der Waals surface area contributed by atoms with Crippen LogP contribution in [0.2, 0.25) is 0 Å². The lowest BCUT2D eigenvalue weighted by Gasteiger charge is -2.15. The smallest absolute Gasteiger partial charge is 0.271 e. The molecule has 9 heteroatoms. The van der Waals surface area contributed by atoms with Gasteiger partial charge in [-0.1, -0.05) is 6.07 Å². The maximum absolute atomic E-state index is 12.1. The van der Waals surface area contributed by atoms with Gasteiger partial charge in [-0.2, -0.15) is 0 Å². The van der Waals surface area contributed by atoms with E-state index in [9.17, 15) is 4.79 Å². The van der Waals surface area contributed by atoms with Gasteiger partial charge in [-0.25, -0.2) is 9.97 Å². The Bertz CT molecular complexity index is 948. The fraction of sp³-hybridized carbons (Fsp3) is 0.111. The van der Waals surface area contributed by atoms with Crippen LogP contribution >= 0.6 is 0 Å². The Kier molecular flexibility index (Phi) is 5.31. The monoisotopic (exact) mass is 365 g/mol. The highest BCUT2D eigenvalue weighted by Crippen LogP contribution is 2.31. The summed E-state index contributed by atoms with van der Waals surface area (Å²) in [6, 6.07) is 9.02. The van der Waals surface area contributed by atoms with Gasteiger partial charge in [-0.15, -0.1) is 0 Å². The van der Waals surface area contributed by atoms with Crippen molar-refractivity contribution >= 4 is 28.9 Å². The molecule has 138 valence electrons. The number of anilines is 4. The number of carbonyl (C=O) groups is 1. The predicted molar refractivity (Wildman–Crippen MR) is 103 cm³/mol. The average molecular weight is 365 g/mol. The molecule has 2 heterocycles. The van der Waals surface area contributed by atoms with E-state index in [4.69, 9.17) is 10.5 Å². The fourth-order valence-corrected chi connectivity index (χ4v) is 2.33. The lowest BCUT2D eigenvalue weighted by Crippen LogP contribution is -2.30. The highest BCUT2D eigenvalue weighted by Gasteiger charge is 2.12. The number of carbonyl (C=O) groups excluding carboxylic acids is 1. The first-order valence-electron chi connectivity index (χ1n) is 8.07. The number of aromatic nitrogens is 3. The summed E-state index contributed by atoms with van der Waals surface area (Å²) in [5, 5.41) is 3.13. The number of nitrogens with zero attached hydrogens (tertiary/aromatic N) is 3. The second-order valence-corrected chi connectivity index (χ2v) is 5.63. The van der Waals surface area contributed by atoms with Crippen LogP contribution in [-0.2, 0) is 0 Å². The first-order chi connectivity index (χ1) is 13.1. The molecular formula is C18H19N7O2. The highest BCUT2D eigenvalue weighted by molar-refractivity contribution is 5.94. The van der Waals surface area contributed by atoms with Crippen molar-refractivity contribution in [3.63, 3.8) is 0 Å². The van der Waals surface area contributed by atoms with Crippen molar-refractivity contribution in [1.82, 2.24) is 20.4 Å². The summed E-state index contributed by atoms with van der Waals surface area (Å²) >= 11 is 0. The maximum atomic E-state index is 12.1. The molecular weight excluding hydrogens is 346 g/mol. The van der Waals surface area contributed by atoms with Gasteiger partial charge in [0.05, 0.1) is 18.4 Å². The number of nitrogen functional groups attached to an aromatic ring is 1. The second-order valence-electron chi connectivity index (χ2n) is 5.63. The van der Waals surface area contributed by atoms with Crippen LogP contribution < -0.4 is 26.6 Å². The molecule has 0 radical (unpaired) electrons. The largest absolute Gasteiger partial charge is 0.495 e. The minimum absolute atomic E-state index is 0.243. The zero-order chi connectivity index (χ0) is 19.2. The minimum Gasteiger partial charge on any atom is -0.495 e. The van der Waals surface area contributed by atoms with Gasteiger partial charge >= 0.3 is 0 Å². The fourth-order valence-electron chi connectivity index (χ4n) is 2.33. The van der Waals surface area contributed by atoms with E-state index >= 15 is 0 Å². The molecule has 2 aromatic heterocycles. The van der Waals surface area contributed by atoms with Crippen LogP contribution in [0.15, 0.2) is 49.1 Å². The molecule has 0 fully saturated rings. The standard InChI is InChI=1S/C18H19N7O2/c1-11-5-6-14(27-2)13(8-11)23-16-15(19)17(22-10-21-16)24-25-18(26)12-4-3-7-20-9-12/h3-10H,19H2,1-2H3,(H,25,26)(H2,21,22,23,24). The molecule has 0 aliphatic heterocycles. The molecule has 0 aliphatic carbocycles. The number of nitrogens with one attached hydrogen (secondary N) is 3. The molecule has 0 unspecified atom stereocenters. The van der Waals surface area contributed by atoms with E-state index in [1.807, 2.05) is 25.1 Å². The molecule has 3 rings (SSSR count). The van der Waals surface area contributed by atoms with E-state index in [0.29, 0.717) is 22.8 Å². The summed E-state index contributed by atoms with van der Waals surface area (Å²) in [6.07, 6.45) is 4.38. The third-order valence-electron chi connectivity index (χ3n) is 3.71. The molecule has 0 atom stereocenters. The van der Waals surface area contributed by atoms with Gasteiger partial charge in [0.25, 0.3) is 5.91 Å². The van der Waals surface area contributed by atoms with Crippen molar-refractivity contribution in [2.24, 2.45) is 0 Å². The number of methoxy groups -OCH3 is 1. The van der Waals surface area contributed by atoms with Crippen LogP contribution in [0.3, 0.4) is 0 Å². The van der Waals surface area contributed by atoms with Gasteiger partial charge < -0.3 is 15.8 Å².